The van der Waals surface area contributed by atoms with Gasteiger partial charge in [0.25, 0.3) is 0 Å². The molecule has 0 fully saturated rings. The summed E-state index contributed by atoms with van der Waals surface area (Å²) in [6.07, 6.45) is 11.4. The molecule has 41 heavy (non-hydrogen) atoms. The van der Waals surface area contributed by atoms with Crippen LogP contribution in [0.5, 0.6) is 5.75 Å². The number of amides is 1. The van der Waals surface area contributed by atoms with Gasteiger partial charge < -0.3 is 20.3 Å². The highest BCUT2D eigenvalue weighted by molar-refractivity contribution is 5.83. The monoisotopic (exact) mass is 567 g/mol. The van der Waals surface area contributed by atoms with Crippen molar-refractivity contribution in [1.29, 1.82) is 0 Å². The second-order valence-corrected chi connectivity index (χ2v) is 10.3. The first kappa shape index (κ1) is 33.5. The van der Waals surface area contributed by atoms with Crippen molar-refractivity contribution in [2.75, 3.05) is 6.61 Å². The lowest BCUT2D eigenvalue weighted by Crippen LogP contribution is -2.41. The molecule has 2 aromatic carbocycles. The van der Waals surface area contributed by atoms with Gasteiger partial charge in [0, 0.05) is 12.8 Å². The Morgan fingerprint density at radius 3 is 1.88 bits per heavy atom. The third-order valence-corrected chi connectivity index (χ3v) is 6.72. The number of ether oxygens (including phenoxy) is 1. The average molecular weight is 568 g/mol. The van der Waals surface area contributed by atoms with Gasteiger partial charge in [-0.3, -0.25) is 9.59 Å². The fourth-order valence-electron chi connectivity index (χ4n) is 4.26. The minimum atomic E-state index is -1.21. The van der Waals surface area contributed by atoms with Crippen molar-refractivity contribution in [2.24, 2.45) is 10.2 Å². The second kappa shape index (κ2) is 20.2. The molecule has 1 atom stereocenters. The zero-order valence-electron chi connectivity index (χ0n) is 24.2. The fraction of sp³-hybridized carbons (Fsp3) is 0.531. The Bertz CT molecular complexity index is 1070. The SMILES string of the molecule is CCCCc1ccc(N=Nc2ccc(OCCCCCCCCCCC(=O)N[C@@H](CCC(=O)O)C(=O)O)cc2)cc1. The number of carbonyl (C=O) groups excluding carboxylic acids is 1. The van der Waals surface area contributed by atoms with E-state index in [0.717, 1.165) is 68.5 Å². The lowest BCUT2D eigenvalue weighted by atomic mass is 10.1. The van der Waals surface area contributed by atoms with Crippen molar-refractivity contribution < 1.29 is 29.3 Å². The van der Waals surface area contributed by atoms with Crippen molar-refractivity contribution in [2.45, 2.75) is 103 Å². The first-order chi connectivity index (χ1) is 19.9. The number of benzene rings is 2. The van der Waals surface area contributed by atoms with Crippen LogP contribution >= 0.6 is 0 Å². The third kappa shape index (κ3) is 15.6. The number of hydrogen-bond donors (Lipinski definition) is 3. The van der Waals surface area contributed by atoms with Crippen LogP contribution in [0.4, 0.5) is 11.4 Å². The second-order valence-electron chi connectivity index (χ2n) is 10.3. The molecule has 0 aliphatic heterocycles. The summed E-state index contributed by atoms with van der Waals surface area (Å²) in [7, 11) is 0. The zero-order valence-corrected chi connectivity index (χ0v) is 24.2. The molecule has 0 aliphatic carbocycles. The number of hydrogen-bond acceptors (Lipinski definition) is 6. The van der Waals surface area contributed by atoms with E-state index in [1.807, 2.05) is 36.4 Å². The normalized spacial score (nSPS) is 11.8. The third-order valence-electron chi connectivity index (χ3n) is 6.72. The number of carboxylic acid groups (broad SMARTS) is 2. The Balaban J connectivity index is 1.48. The van der Waals surface area contributed by atoms with Gasteiger partial charge in [0.1, 0.15) is 11.8 Å². The van der Waals surface area contributed by atoms with Crippen molar-refractivity contribution in [3.63, 3.8) is 0 Å². The number of carbonyl (C=O) groups is 3. The molecular formula is C32H45N3O6. The van der Waals surface area contributed by atoms with Gasteiger partial charge in [-0.15, -0.1) is 0 Å². The highest BCUT2D eigenvalue weighted by Crippen LogP contribution is 2.22. The molecule has 0 radical (unpaired) electrons. The number of rotatable bonds is 22. The summed E-state index contributed by atoms with van der Waals surface area (Å²) < 4.78 is 5.84. The molecule has 2 aromatic rings. The van der Waals surface area contributed by atoms with E-state index >= 15 is 0 Å². The summed E-state index contributed by atoms with van der Waals surface area (Å²) in [6, 6.07) is 14.7. The van der Waals surface area contributed by atoms with E-state index in [1.165, 1.54) is 18.4 Å². The van der Waals surface area contributed by atoms with E-state index < -0.39 is 18.0 Å². The molecule has 1 amide bonds. The molecule has 0 saturated heterocycles. The first-order valence-corrected chi connectivity index (χ1v) is 14.8. The lowest BCUT2D eigenvalue weighted by Gasteiger charge is -2.13. The van der Waals surface area contributed by atoms with E-state index in [9.17, 15) is 14.4 Å². The molecule has 9 heteroatoms. The highest BCUT2D eigenvalue weighted by atomic mass is 16.5. The Morgan fingerprint density at radius 1 is 0.756 bits per heavy atom. The number of aliphatic carboxylic acids is 2. The van der Waals surface area contributed by atoms with Crippen LogP contribution < -0.4 is 10.1 Å². The Labute approximate surface area is 243 Å². The molecular weight excluding hydrogens is 522 g/mol. The lowest BCUT2D eigenvalue weighted by molar-refractivity contribution is -0.143. The van der Waals surface area contributed by atoms with Gasteiger partial charge in [-0.2, -0.15) is 10.2 Å². The van der Waals surface area contributed by atoms with Gasteiger partial charge in [-0.25, -0.2) is 4.79 Å². The molecule has 0 saturated carbocycles. The molecule has 0 aromatic heterocycles. The molecule has 224 valence electrons. The Morgan fingerprint density at radius 2 is 1.32 bits per heavy atom. The first-order valence-electron chi connectivity index (χ1n) is 14.8. The molecule has 0 heterocycles. The predicted octanol–water partition coefficient (Wildman–Crippen LogP) is 7.77. The van der Waals surface area contributed by atoms with E-state index in [2.05, 4.69) is 34.6 Å². The van der Waals surface area contributed by atoms with Gasteiger partial charge in [-0.05, 0) is 74.1 Å². The molecule has 3 N–H and O–H groups in total. The van der Waals surface area contributed by atoms with Crippen molar-refractivity contribution >= 4 is 29.2 Å². The summed E-state index contributed by atoms with van der Waals surface area (Å²) in [6.45, 7) is 2.87. The number of unbranched alkanes of at least 4 members (excludes halogenated alkanes) is 8. The molecule has 2 rings (SSSR count). The topological polar surface area (TPSA) is 138 Å². The van der Waals surface area contributed by atoms with E-state index in [-0.39, 0.29) is 25.2 Å². The van der Waals surface area contributed by atoms with Crippen LogP contribution in [0, 0.1) is 0 Å². The number of aryl methyl sites for hydroxylation is 1. The van der Waals surface area contributed by atoms with E-state index in [4.69, 9.17) is 14.9 Å². The maximum Gasteiger partial charge on any atom is 0.326 e. The summed E-state index contributed by atoms with van der Waals surface area (Å²) in [5.41, 5.74) is 2.96. The van der Waals surface area contributed by atoms with Crippen LogP contribution in [-0.4, -0.2) is 40.7 Å². The number of nitrogens with zero attached hydrogens (tertiary/aromatic N) is 2. The molecule has 0 aliphatic rings. The zero-order chi connectivity index (χ0) is 29.7. The molecule has 0 spiro atoms. The van der Waals surface area contributed by atoms with E-state index in [1.54, 1.807) is 0 Å². The van der Waals surface area contributed by atoms with Crippen LogP contribution in [-0.2, 0) is 20.8 Å². The minimum absolute atomic E-state index is 0.115. The largest absolute Gasteiger partial charge is 0.494 e. The Hall–Kier alpha value is -3.75. The van der Waals surface area contributed by atoms with Crippen LogP contribution in [0.3, 0.4) is 0 Å². The van der Waals surface area contributed by atoms with Crippen molar-refractivity contribution in [3.8, 4) is 5.75 Å². The quantitative estimate of drug-likeness (QED) is 0.0981. The maximum absolute atomic E-state index is 11.9. The van der Waals surface area contributed by atoms with Crippen molar-refractivity contribution in [3.05, 3.63) is 54.1 Å². The van der Waals surface area contributed by atoms with E-state index in [0.29, 0.717) is 13.0 Å². The Kier molecular flexibility index (Phi) is 16.5. The van der Waals surface area contributed by atoms with Gasteiger partial charge in [0.05, 0.1) is 18.0 Å². The number of carboxylic acids is 2. The van der Waals surface area contributed by atoms with Crippen LogP contribution in [0.2, 0.25) is 0 Å². The van der Waals surface area contributed by atoms with Gasteiger partial charge in [0.15, 0.2) is 0 Å². The van der Waals surface area contributed by atoms with Crippen molar-refractivity contribution in [1.82, 2.24) is 5.32 Å². The van der Waals surface area contributed by atoms with Crippen LogP contribution in [0.1, 0.15) is 96.0 Å². The predicted molar refractivity (Wildman–Crippen MR) is 159 cm³/mol. The molecule has 0 bridgehead atoms. The average Bonchev–Trinajstić information content (AvgIpc) is 2.96. The maximum atomic E-state index is 11.9. The summed E-state index contributed by atoms with van der Waals surface area (Å²) in [5.74, 6) is -1.81. The van der Waals surface area contributed by atoms with Crippen LogP contribution in [0.25, 0.3) is 0 Å². The molecule has 9 nitrogen and oxygen atoms in total. The minimum Gasteiger partial charge on any atom is -0.494 e. The standard InChI is InChI=1S/C32H45N3O6/c1-2-3-12-25-14-16-26(17-15-25)34-35-27-18-20-28(21-19-27)41-24-11-9-7-5-4-6-8-10-13-30(36)33-29(32(39)40)22-23-31(37)38/h14-21,29H,2-13,22-24H2,1H3,(H,33,36)(H,37,38)(H,39,40)/t29-/m0/s1. The van der Waals surface area contributed by atoms with Crippen LogP contribution in [0.15, 0.2) is 58.8 Å². The molecule has 0 unspecified atom stereocenters. The highest BCUT2D eigenvalue weighted by Gasteiger charge is 2.20. The van der Waals surface area contributed by atoms with Gasteiger partial charge in [0.2, 0.25) is 5.91 Å². The summed E-state index contributed by atoms with van der Waals surface area (Å²) in [4.78, 5) is 33.7. The number of nitrogens with one attached hydrogen (secondary N) is 1. The van der Waals surface area contributed by atoms with Gasteiger partial charge in [-0.1, -0.05) is 64.0 Å². The fourth-order valence-corrected chi connectivity index (χ4v) is 4.26. The van der Waals surface area contributed by atoms with Gasteiger partial charge >= 0.3 is 11.9 Å². The smallest absolute Gasteiger partial charge is 0.326 e. The summed E-state index contributed by atoms with van der Waals surface area (Å²) in [5, 5.41) is 28.8. The summed E-state index contributed by atoms with van der Waals surface area (Å²) >= 11 is 0. The number of azo groups is 1.